The van der Waals surface area contributed by atoms with Crippen molar-refractivity contribution in [1.82, 2.24) is 10.6 Å². The van der Waals surface area contributed by atoms with Gasteiger partial charge in [-0.1, -0.05) is 30.3 Å². The fourth-order valence-electron chi connectivity index (χ4n) is 3.06. The molecule has 1 amide bonds. The maximum absolute atomic E-state index is 11.4. The summed E-state index contributed by atoms with van der Waals surface area (Å²) in [7, 11) is 0. The van der Waals surface area contributed by atoms with Crippen molar-refractivity contribution in [2.75, 3.05) is 13.2 Å². The summed E-state index contributed by atoms with van der Waals surface area (Å²) < 4.78 is 4.96. The maximum atomic E-state index is 11.4. The van der Waals surface area contributed by atoms with Crippen molar-refractivity contribution in [2.24, 2.45) is 0 Å². The van der Waals surface area contributed by atoms with Gasteiger partial charge in [-0.15, -0.1) is 0 Å². The predicted octanol–water partition coefficient (Wildman–Crippen LogP) is 2.15. The Labute approximate surface area is 113 Å². The number of alkyl carbamates (subject to hydrolysis) is 1. The molecule has 2 atom stereocenters. The molecule has 19 heavy (non-hydrogen) atoms. The van der Waals surface area contributed by atoms with Crippen LogP contribution in [0.4, 0.5) is 4.79 Å². The van der Waals surface area contributed by atoms with Crippen LogP contribution in [0.2, 0.25) is 0 Å². The lowest BCUT2D eigenvalue weighted by Crippen LogP contribution is -2.64. The highest BCUT2D eigenvalue weighted by molar-refractivity contribution is 5.69. The molecule has 4 heteroatoms. The van der Waals surface area contributed by atoms with Gasteiger partial charge in [-0.2, -0.15) is 0 Å². The molecule has 0 aliphatic carbocycles. The summed E-state index contributed by atoms with van der Waals surface area (Å²) in [6.07, 6.45) is 2.60. The van der Waals surface area contributed by atoms with E-state index in [1.807, 2.05) is 6.07 Å². The number of carbonyl (C=O) groups is 1. The molecule has 102 valence electrons. The van der Waals surface area contributed by atoms with E-state index < -0.39 is 0 Å². The number of piperidine rings is 1. The first kappa shape index (κ1) is 12.5. The Morgan fingerprint density at radius 1 is 1.16 bits per heavy atom. The lowest BCUT2D eigenvalue weighted by molar-refractivity contribution is 0.0604. The standard InChI is InChI=1S/C15H20N2O2/c1-14(12-5-3-2-4-6-12)7-8-15(11-16-14)9-10-19-13(18)17-15/h2-6,16H,7-11H2,1H3,(H,17,18)/t14-,15+/m0/s1. The summed E-state index contributed by atoms with van der Waals surface area (Å²) in [5.41, 5.74) is 1.18. The third-order valence-electron chi connectivity index (χ3n) is 4.51. The number of nitrogens with one attached hydrogen (secondary N) is 2. The Bertz CT molecular complexity index is 464. The monoisotopic (exact) mass is 260 g/mol. The van der Waals surface area contributed by atoms with Crippen molar-refractivity contribution in [3.63, 3.8) is 0 Å². The normalized spacial score (nSPS) is 34.7. The van der Waals surface area contributed by atoms with Gasteiger partial charge in [-0.3, -0.25) is 0 Å². The molecule has 1 spiro atoms. The summed E-state index contributed by atoms with van der Waals surface area (Å²) in [4.78, 5) is 11.4. The zero-order chi connectivity index (χ0) is 13.3. The molecule has 4 nitrogen and oxygen atoms in total. The minimum absolute atomic E-state index is 0.00442. The van der Waals surface area contributed by atoms with Crippen molar-refractivity contribution in [2.45, 2.75) is 37.3 Å². The fraction of sp³-hybridized carbons (Fsp3) is 0.533. The van der Waals surface area contributed by atoms with Gasteiger partial charge >= 0.3 is 6.09 Å². The number of ether oxygens (including phenoxy) is 1. The van der Waals surface area contributed by atoms with Crippen LogP contribution in [0.5, 0.6) is 0 Å². The third-order valence-corrected chi connectivity index (χ3v) is 4.51. The van der Waals surface area contributed by atoms with Crippen LogP contribution in [-0.2, 0) is 10.3 Å². The first-order valence-corrected chi connectivity index (χ1v) is 6.88. The summed E-state index contributed by atoms with van der Waals surface area (Å²) in [6.45, 7) is 3.55. The van der Waals surface area contributed by atoms with E-state index in [2.05, 4.69) is 41.8 Å². The van der Waals surface area contributed by atoms with Crippen LogP contribution in [0, 0.1) is 0 Å². The van der Waals surface area contributed by atoms with Crippen molar-refractivity contribution in [1.29, 1.82) is 0 Å². The van der Waals surface area contributed by atoms with Crippen molar-refractivity contribution in [3.05, 3.63) is 35.9 Å². The molecular weight excluding hydrogens is 240 g/mol. The smallest absolute Gasteiger partial charge is 0.407 e. The highest BCUT2D eigenvalue weighted by Gasteiger charge is 2.43. The zero-order valence-corrected chi connectivity index (χ0v) is 11.2. The second kappa shape index (κ2) is 4.53. The Morgan fingerprint density at radius 2 is 1.95 bits per heavy atom. The first-order valence-electron chi connectivity index (χ1n) is 6.88. The van der Waals surface area contributed by atoms with Crippen LogP contribution in [0.1, 0.15) is 31.7 Å². The minimum Gasteiger partial charge on any atom is -0.449 e. The molecule has 0 radical (unpaired) electrons. The van der Waals surface area contributed by atoms with Crippen LogP contribution in [0.3, 0.4) is 0 Å². The minimum atomic E-state index is -0.281. The fourth-order valence-corrected chi connectivity index (χ4v) is 3.06. The second-order valence-corrected chi connectivity index (χ2v) is 5.84. The van der Waals surface area contributed by atoms with Crippen molar-refractivity contribution >= 4 is 6.09 Å². The molecule has 0 bridgehead atoms. The summed E-state index contributed by atoms with van der Waals surface area (Å²) in [5, 5.41) is 6.62. The molecule has 2 saturated heterocycles. The third kappa shape index (κ3) is 2.32. The quantitative estimate of drug-likeness (QED) is 0.813. The van der Waals surface area contributed by atoms with E-state index in [9.17, 15) is 4.79 Å². The maximum Gasteiger partial charge on any atom is 0.407 e. The largest absolute Gasteiger partial charge is 0.449 e. The summed E-state index contributed by atoms with van der Waals surface area (Å²) in [5.74, 6) is 0. The molecule has 3 rings (SSSR count). The van der Waals surface area contributed by atoms with Gasteiger partial charge in [0.05, 0.1) is 12.1 Å². The Balaban J connectivity index is 1.74. The van der Waals surface area contributed by atoms with Crippen molar-refractivity contribution < 1.29 is 9.53 Å². The first-order chi connectivity index (χ1) is 9.12. The van der Waals surface area contributed by atoms with Crippen LogP contribution in [0.15, 0.2) is 30.3 Å². The molecule has 1 aromatic rings. The van der Waals surface area contributed by atoms with Gasteiger partial charge in [0.25, 0.3) is 0 Å². The number of carbonyl (C=O) groups excluding carboxylic acids is 1. The molecule has 0 saturated carbocycles. The number of cyclic esters (lactones) is 1. The van der Waals surface area contributed by atoms with E-state index in [0.717, 1.165) is 25.8 Å². The van der Waals surface area contributed by atoms with Crippen LogP contribution in [-0.4, -0.2) is 24.8 Å². The van der Waals surface area contributed by atoms with Gasteiger partial charge in [-0.05, 0) is 25.3 Å². The van der Waals surface area contributed by atoms with E-state index in [4.69, 9.17) is 4.74 Å². The molecule has 2 aliphatic rings. The number of hydrogen-bond acceptors (Lipinski definition) is 3. The highest BCUT2D eigenvalue weighted by atomic mass is 16.6. The molecule has 1 aromatic carbocycles. The lowest BCUT2D eigenvalue weighted by Gasteiger charge is -2.47. The molecular formula is C15H20N2O2. The van der Waals surface area contributed by atoms with Crippen LogP contribution < -0.4 is 10.6 Å². The summed E-state index contributed by atoms with van der Waals surface area (Å²) >= 11 is 0. The molecule has 0 unspecified atom stereocenters. The van der Waals surface area contributed by atoms with Gasteiger partial charge in [0, 0.05) is 18.5 Å². The molecule has 2 N–H and O–H groups in total. The lowest BCUT2D eigenvalue weighted by atomic mass is 9.76. The van der Waals surface area contributed by atoms with Gasteiger partial charge in [0.2, 0.25) is 0 Å². The van der Waals surface area contributed by atoms with E-state index >= 15 is 0 Å². The van der Waals surface area contributed by atoms with E-state index in [1.54, 1.807) is 0 Å². The SMILES string of the molecule is C[C@@]1(c2ccccc2)CC[C@@]2(CCOC(=O)N2)CN1. The second-order valence-electron chi connectivity index (χ2n) is 5.84. The zero-order valence-electron chi connectivity index (χ0n) is 11.2. The predicted molar refractivity (Wildman–Crippen MR) is 72.9 cm³/mol. The van der Waals surface area contributed by atoms with E-state index in [1.165, 1.54) is 5.56 Å². The molecule has 0 aromatic heterocycles. The number of benzene rings is 1. The Morgan fingerprint density at radius 3 is 2.58 bits per heavy atom. The van der Waals surface area contributed by atoms with E-state index in [-0.39, 0.29) is 17.2 Å². The average molecular weight is 260 g/mol. The molecule has 2 heterocycles. The molecule has 2 aliphatic heterocycles. The van der Waals surface area contributed by atoms with Crippen molar-refractivity contribution in [3.8, 4) is 0 Å². The average Bonchev–Trinajstić information content (AvgIpc) is 2.44. The topological polar surface area (TPSA) is 50.4 Å². The molecule has 2 fully saturated rings. The Hall–Kier alpha value is -1.55. The van der Waals surface area contributed by atoms with Gasteiger partial charge < -0.3 is 15.4 Å². The van der Waals surface area contributed by atoms with Gasteiger partial charge in [-0.25, -0.2) is 4.79 Å². The van der Waals surface area contributed by atoms with Crippen LogP contribution >= 0.6 is 0 Å². The number of amides is 1. The van der Waals surface area contributed by atoms with Gasteiger partial charge in [0.1, 0.15) is 0 Å². The van der Waals surface area contributed by atoms with Gasteiger partial charge in [0.15, 0.2) is 0 Å². The number of hydrogen-bond donors (Lipinski definition) is 2. The Kier molecular flexibility index (Phi) is 2.97. The highest BCUT2D eigenvalue weighted by Crippen LogP contribution is 2.35. The number of rotatable bonds is 1. The summed E-state index contributed by atoms with van der Waals surface area (Å²) in [6, 6.07) is 10.5. The van der Waals surface area contributed by atoms with E-state index in [0.29, 0.717) is 6.61 Å². The van der Waals surface area contributed by atoms with Crippen LogP contribution in [0.25, 0.3) is 0 Å².